The number of imidazole rings is 1. The van der Waals surface area contributed by atoms with Crippen LogP contribution < -0.4 is 4.74 Å². The van der Waals surface area contributed by atoms with E-state index in [4.69, 9.17) is 4.74 Å². The molecule has 96 valence electrons. The van der Waals surface area contributed by atoms with Crippen molar-refractivity contribution in [2.75, 3.05) is 7.11 Å². The van der Waals surface area contributed by atoms with E-state index >= 15 is 0 Å². The van der Waals surface area contributed by atoms with Crippen molar-refractivity contribution >= 4 is 0 Å². The third-order valence-electron chi connectivity index (χ3n) is 2.58. The highest BCUT2D eigenvalue weighted by molar-refractivity contribution is 5.60. The molecule has 1 aromatic heterocycles. The Morgan fingerprint density at radius 1 is 1.17 bits per heavy atom. The summed E-state index contributed by atoms with van der Waals surface area (Å²) in [7, 11) is 1.50. The summed E-state index contributed by atoms with van der Waals surface area (Å²) in [5.74, 6) is 0.502. The molecule has 6 heteroatoms. The fourth-order valence-electron chi connectivity index (χ4n) is 1.73. The first-order valence-corrected chi connectivity index (χ1v) is 5.19. The molecule has 1 heterocycles. The summed E-state index contributed by atoms with van der Waals surface area (Å²) in [6, 6.07) is 6.35. The first kappa shape index (κ1) is 12.5. The van der Waals surface area contributed by atoms with E-state index in [1.54, 1.807) is 24.3 Å². The third kappa shape index (κ3) is 2.18. The van der Waals surface area contributed by atoms with Crippen LogP contribution in [0.5, 0.6) is 5.75 Å². The number of benzene rings is 1. The van der Waals surface area contributed by atoms with Crippen LogP contribution in [0.2, 0.25) is 0 Å². The molecule has 2 aromatic rings. The standard InChI is InChI=1S/C12H11F3N2O/c1-8-16-7-11(17(8)12(13,14)15)9-3-5-10(18-2)6-4-9/h3-7H,1-2H3. The molecule has 0 aliphatic rings. The molecule has 0 aliphatic carbocycles. The number of alkyl halides is 3. The van der Waals surface area contributed by atoms with E-state index in [2.05, 4.69) is 4.98 Å². The van der Waals surface area contributed by atoms with Gasteiger partial charge in [-0.1, -0.05) is 0 Å². The van der Waals surface area contributed by atoms with Gasteiger partial charge in [0.15, 0.2) is 0 Å². The summed E-state index contributed by atoms with van der Waals surface area (Å²) in [5.41, 5.74) is 0.455. The van der Waals surface area contributed by atoms with E-state index in [9.17, 15) is 13.2 Å². The lowest BCUT2D eigenvalue weighted by Crippen LogP contribution is -2.19. The number of hydrogen-bond donors (Lipinski definition) is 0. The van der Waals surface area contributed by atoms with Crippen molar-refractivity contribution in [1.82, 2.24) is 9.55 Å². The average Bonchev–Trinajstić information content (AvgIpc) is 2.71. The van der Waals surface area contributed by atoms with Crippen molar-refractivity contribution in [1.29, 1.82) is 0 Å². The Kier molecular flexibility index (Phi) is 3.02. The highest BCUT2D eigenvalue weighted by Gasteiger charge is 2.34. The maximum absolute atomic E-state index is 12.9. The second-order valence-electron chi connectivity index (χ2n) is 3.72. The molecule has 2 rings (SSSR count). The topological polar surface area (TPSA) is 27.1 Å². The summed E-state index contributed by atoms with van der Waals surface area (Å²) in [5, 5.41) is 0. The van der Waals surface area contributed by atoms with Crippen LogP contribution in [0.25, 0.3) is 11.3 Å². The number of hydrogen-bond acceptors (Lipinski definition) is 2. The van der Waals surface area contributed by atoms with E-state index in [0.717, 1.165) is 0 Å². The number of methoxy groups -OCH3 is 1. The molecule has 0 saturated heterocycles. The monoisotopic (exact) mass is 256 g/mol. The van der Waals surface area contributed by atoms with Crippen LogP contribution in [0.15, 0.2) is 30.5 Å². The minimum atomic E-state index is -4.48. The van der Waals surface area contributed by atoms with Gasteiger partial charge < -0.3 is 4.74 Å². The van der Waals surface area contributed by atoms with Gasteiger partial charge in [-0.3, -0.25) is 0 Å². The summed E-state index contributed by atoms with van der Waals surface area (Å²) in [6.07, 6.45) is -3.26. The molecule has 0 atom stereocenters. The van der Waals surface area contributed by atoms with E-state index in [1.807, 2.05) is 0 Å². The quantitative estimate of drug-likeness (QED) is 0.824. The molecule has 0 radical (unpaired) electrons. The third-order valence-corrected chi connectivity index (χ3v) is 2.58. The molecule has 1 aromatic carbocycles. The second kappa shape index (κ2) is 4.36. The molecule has 0 fully saturated rings. The smallest absolute Gasteiger partial charge is 0.490 e. The molecule has 0 spiro atoms. The van der Waals surface area contributed by atoms with Gasteiger partial charge in [0, 0.05) is 5.56 Å². The van der Waals surface area contributed by atoms with Crippen LogP contribution in [0.1, 0.15) is 5.82 Å². The van der Waals surface area contributed by atoms with Crippen LogP contribution in [0, 0.1) is 6.92 Å². The van der Waals surface area contributed by atoms with Gasteiger partial charge in [-0.15, -0.1) is 13.2 Å². The molecule has 3 nitrogen and oxygen atoms in total. The van der Waals surface area contributed by atoms with Crippen molar-refractivity contribution in [3.05, 3.63) is 36.3 Å². The highest BCUT2D eigenvalue weighted by Crippen LogP contribution is 2.32. The van der Waals surface area contributed by atoms with Crippen molar-refractivity contribution in [3.8, 4) is 17.0 Å². The van der Waals surface area contributed by atoms with Gasteiger partial charge in [0.1, 0.15) is 11.6 Å². The van der Waals surface area contributed by atoms with Gasteiger partial charge in [-0.25, -0.2) is 9.55 Å². The number of halogens is 3. The molecule has 18 heavy (non-hydrogen) atoms. The van der Waals surface area contributed by atoms with Gasteiger partial charge in [-0.2, -0.15) is 0 Å². The number of aromatic nitrogens is 2. The Labute approximate surface area is 102 Å². The first-order chi connectivity index (χ1) is 8.43. The van der Waals surface area contributed by atoms with Crippen molar-refractivity contribution < 1.29 is 17.9 Å². The van der Waals surface area contributed by atoms with E-state index in [-0.39, 0.29) is 16.1 Å². The van der Waals surface area contributed by atoms with E-state index in [1.165, 1.54) is 20.2 Å². The Bertz CT molecular complexity index is 543. The Morgan fingerprint density at radius 3 is 2.28 bits per heavy atom. The van der Waals surface area contributed by atoms with Crippen LogP contribution in [0.4, 0.5) is 13.2 Å². The van der Waals surface area contributed by atoms with Gasteiger partial charge >= 0.3 is 6.30 Å². The number of rotatable bonds is 2. The Balaban J connectivity index is 2.51. The van der Waals surface area contributed by atoms with Gasteiger partial charge in [-0.05, 0) is 31.2 Å². The SMILES string of the molecule is COc1ccc(-c2cnc(C)n2C(F)(F)F)cc1. The largest absolute Gasteiger partial charge is 0.497 e. The lowest BCUT2D eigenvalue weighted by atomic mass is 10.1. The molecule has 0 N–H and O–H groups in total. The predicted molar refractivity (Wildman–Crippen MR) is 60.3 cm³/mol. The molecular formula is C12H11F3N2O. The average molecular weight is 256 g/mol. The van der Waals surface area contributed by atoms with Gasteiger partial charge in [0.05, 0.1) is 19.0 Å². The summed E-state index contributed by atoms with van der Waals surface area (Å²) >= 11 is 0. The number of nitrogens with zero attached hydrogens (tertiary/aromatic N) is 2. The normalized spacial score (nSPS) is 11.6. The molecule has 0 bridgehead atoms. The van der Waals surface area contributed by atoms with Crippen molar-refractivity contribution in [3.63, 3.8) is 0 Å². The zero-order valence-electron chi connectivity index (χ0n) is 9.82. The molecule has 0 saturated carbocycles. The first-order valence-electron chi connectivity index (χ1n) is 5.19. The van der Waals surface area contributed by atoms with E-state index < -0.39 is 6.30 Å². The number of aryl methyl sites for hydroxylation is 1. The summed E-state index contributed by atoms with van der Waals surface area (Å²) in [6.45, 7) is 1.32. The van der Waals surface area contributed by atoms with Gasteiger partial charge in [0.2, 0.25) is 0 Å². The fraction of sp³-hybridized carbons (Fsp3) is 0.250. The number of ether oxygens (including phenoxy) is 1. The van der Waals surface area contributed by atoms with Crippen LogP contribution >= 0.6 is 0 Å². The van der Waals surface area contributed by atoms with Crippen LogP contribution in [-0.2, 0) is 6.30 Å². The van der Waals surface area contributed by atoms with E-state index in [0.29, 0.717) is 11.3 Å². The summed E-state index contributed by atoms with van der Waals surface area (Å²) < 4.78 is 43.8. The Hall–Kier alpha value is -1.98. The molecular weight excluding hydrogens is 245 g/mol. The lowest BCUT2D eigenvalue weighted by molar-refractivity contribution is -0.203. The second-order valence-corrected chi connectivity index (χ2v) is 3.72. The maximum Gasteiger partial charge on any atom is 0.490 e. The van der Waals surface area contributed by atoms with Crippen molar-refractivity contribution in [2.24, 2.45) is 0 Å². The maximum atomic E-state index is 12.9. The Morgan fingerprint density at radius 2 is 1.78 bits per heavy atom. The minimum absolute atomic E-state index is 0.0163. The zero-order chi connectivity index (χ0) is 13.3. The lowest BCUT2D eigenvalue weighted by Gasteiger charge is -2.13. The molecule has 0 aliphatic heterocycles. The summed E-state index contributed by atoms with van der Waals surface area (Å²) in [4.78, 5) is 3.71. The zero-order valence-corrected chi connectivity index (χ0v) is 9.82. The van der Waals surface area contributed by atoms with Gasteiger partial charge in [0.25, 0.3) is 0 Å². The molecule has 0 amide bonds. The fourth-order valence-corrected chi connectivity index (χ4v) is 1.73. The highest BCUT2D eigenvalue weighted by atomic mass is 19.4. The predicted octanol–water partition coefficient (Wildman–Crippen LogP) is 3.34. The minimum Gasteiger partial charge on any atom is -0.497 e. The van der Waals surface area contributed by atoms with Crippen LogP contribution in [0.3, 0.4) is 0 Å². The van der Waals surface area contributed by atoms with Crippen molar-refractivity contribution in [2.45, 2.75) is 13.2 Å². The van der Waals surface area contributed by atoms with Crippen LogP contribution in [-0.4, -0.2) is 16.7 Å². The molecule has 0 unspecified atom stereocenters.